The van der Waals surface area contributed by atoms with Crippen LogP contribution < -0.4 is 4.74 Å². The second-order valence-corrected chi connectivity index (χ2v) is 7.13. The molecule has 5 rings (SSSR count). The maximum absolute atomic E-state index is 13.0. The number of ether oxygens (including phenoxy) is 3. The number of phenolic OH excluding ortho intramolecular Hbond substituents is 3. The number of ketones is 2. The molecule has 1 aliphatic carbocycles. The first-order valence-electron chi connectivity index (χ1n) is 8.98. The van der Waals surface area contributed by atoms with Gasteiger partial charge in [0, 0.05) is 18.6 Å². The molecule has 1 saturated heterocycles. The van der Waals surface area contributed by atoms with Crippen molar-refractivity contribution < 1.29 is 44.2 Å². The predicted octanol–water partition coefficient (Wildman–Crippen LogP) is 1.27. The van der Waals surface area contributed by atoms with Gasteiger partial charge in [-0.15, -0.1) is 0 Å². The molecule has 0 aromatic heterocycles. The summed E-state index contributed by atoms with van der Waals surface area (Å²) < 4.78 is 16.5. The Kier molecular flexibility index (Phi) is 3.52. The lowest BCUT2D eigenvalue weighted by Gasteiger charge is -2.24. The standard InChI is InChI=1S/C20H16O9/c1-2-27-11-6-20(26)15-10(28-19(20)29-11)5-7-12(18(15)25)17(24)14-9(22)4-3-8(21)13(14)16(7)23/h3-5,11,19,21-22,25-26H,2,6H2,1H3. The normalized spacial score (nSPS) is 26.6. The van der Waals surface area contributed by atoms with Crippen molar-refractivity contribution in [3.8, 4) is 23.0 Å². The van der Waals surface area contributed by atoms with Gasteiger partial charge in [0.2, 0.25) is 12.1 Å². The highest BCUT2D eigenvalue weighted by molar-refractivity contribution is 6.31. The van der Waals surface area contributed by atoms with Gasteiger partial charge in [0.15, 0.2) is 17.7 Å². The fourth-order valence-electron chi connectivity index (χ4n) is 4.26. The molecule has 29 heavy (non-hydrogen) atoms. The lowest BCUT2D eigenvalue weighted by atomic mass is 9.79. The molecule has 2 aromatic carbocycles. The molecule has 9 heteroatoms. The summed E-state index contributed by atoms with van der Waals surface area (Å²) in [7, 11) is 0. The molecule has 3 aliphatic rings. The van der Waals surface area contributed by atoms with Crippen LogP contribution in [0.2, 0.25) is 0 Å². The Bertz CT molecular complexity index is 1110. The fourth-order valence-corrected chi connectivity index (χ4v) is 4.26. The predicted molar refractivity (Wildman–Crippen MR) is 94.2 cm³/mol. The van der Waals surface area contributed by atoms with E-state index in [1.807, 2.05) is 0 Å². The molecule has 0 saturated carbocycles. The van der Waals surface area contributed by atoms with Crippen LogP contribution in [-0.4, -0.2) is 51.2 Å². The summed E-state index contributed by atoms with van der Waals surface area (Å²) in [5.41, 5.74) is -3.20. The first-order valence-corrected chi connectivity index (χ1v) is 8.98. The molecule has 2 aliphatic heterocycles. The van der Waals surface area contributed by atoms with Gasteiger partial charge in [0.1, 0.15) is 23.0 Å². The minimum atomic E-state index is -1.78. The first-order chi connectivity index (χ1) is 13.8. The zero-order valence-electron chi connectivity index (χ0n) is 15.1. The Hall–Kier alpha value is -3.14. The summed E-state index contributed by atoms with van der Waals surface area (Å²) in [6.45, 7) is 2.09. The van der Waals surface area contributed by atoms with Gasteiger partial charge in [-0.2, -0.15) is 0 Å². The van der Waals surface area contributed by atoms with Gasteiger partial charge in [-0.25, -0.2) is 0 Å². The van der Waals surface area contributed by atoms with Crippen LogP contribution in [0.1, 0.15) is 50.8 Å². The van der Waals surface area contributed by atoms with Gasteiger partial charge < -0.3 is 34.6 Å². The van der Waals surface area contributed by atoms with Gasteiger partial charge in [0.05, 0.1) is 22.3 Å². The molecule has 0 bridgehead atoms. The third-order valence-corrected chi connectivity index (χ3v) is 5.51. The Morgan fingerprint density at radius 3 is 2.41 bits per heavy atom. The lowest BCUT2D eigenvalue weighted by Crippen LogP contribution is -2.33. The number of aromatic hydroxyl groups is 3. The second kappa shape index (κ2) is 5.69. The van der Waals surface area contributed by atoms with E-state index in [-0.39, 0.29) is 34.4 Å². The Morgan fingerprint density at radius 1 is 1.10 bits per heavy atom. The third-order valence-electron chi connectivity index (χ3n) is 5.51. The van der Waals surface area contributed by atoms with Crippen molar-refractivity contribution in [1.29, 1.82) is 0 Å². The van der Waals surface area contributed by atoms with E-state index in [1.54, 1.807) is 6.92 Å². The van der Waals surface area contributed by atoms with E-state index < -0.39 is 52.6 Å². The van der Waals surface area contributed by atoms with Crippen LogP contribution >= 0.6 is 0 Å². The summed E-state index contributed by atoms with van der Waals surface area (Å²) >= 11 is 0. The summed E-state index contributed by atoms with van der Waals surface area (Å²) in [5, 5.41) is 42.2. The Labute approximate surface area is 163 Å². The number of carbonyl (C=O) groups is 2. The van der Waals surface area contributed by atoms with Crippen molar-refractivity contribution in [3.63, 3.8) is 0 Å². The van der Waals surface area contributed by atoms with Gasteiger partial charge in [-0.1, -0.05) is 0 Å². The maximum atomic E-state index is 13.0. The molecular formula is C20H16O9. The summed E-state index contributed by atoms with van der Waals surface area (Å²) in [4.78, 5) is 26.0. The zero-order valence-corrected chi connectivity index (χ0v) is 15.1. The molecule has 3 atom stereocenters. The van der Waals surface area contributed by atoms with E-state index in [4.69, 9.17) is 14.2 Å². The smallest absolute Gasteiger partial charge is 0.235 e. The number of hydrogen-bond donors (Lipinski definition) is 4. The first kappa shape index (κ1) is 17.9. The maximum Gasteiger partial charge on any atom is 0.235 e. The molecular weight excluding hydrogens is 384 g/mol. The largest absolute Gasteiger partial charge is 0.507 e. The van der Waals surface area contributed by atoms with E-state index in [0.29, 0.717) is 6.61 Å². The number of hydrogen-bond acceptors (Lipinski definition) is 9. The minimum Gasteiger partial charge on any atom is -0.507 e. The van der Waals surface area contributed by atoms with Crippen LogP contribution in [0.15, 0.2) is 18.2 Å². The SMILES string of the molecule is CCOC1CC2(O)c3c(cc4c(c3O)C(=O)c3c(O)ccc(O)c3C4=O)OC2O1. The molecule has 4 N–H and O–H groups in total. The van der Waals surface area contributed by atoms with Crippen LogP contribution in [0, 0.1) is 0 Å². The fraction of sp³-hybridized carbons (Fsp3) is 0.300. The molecule has 150 valence electrons. The molecule has 3 unspecified atom stereocenters. The monoisotopic (exact) mass is 400 g/mol. The van der Waals surface area contributed by atoms with E-state index in [9.17, 15) is 30.0 Å². The topological polar surface area (TPSA) is 143 Å². The van der Waals surface area contributed by atoms with E-state index in [2.05, 4.69) is 0 Å². The molecule has 9 nitrogen and oxygen atoms in total. The number of carbonyl (C=O) groups excluding carboxylic acids is 2. The molecule has 0 spiro atoms. The average molecular weight is 400 g/mol. The Balaban J connectivity index is 1.71. The number of benzene rings is 2. The van der Waals surface area contributed by atoms with E-state index in [0.717, 1.165) is 12.1 Å². The molecule has 0 amide bonds. The second-order valence-electron chi connectivity index (χ2n) is 7.13. The number of fused-ring (bicyclic) bond motifs is 5. The number of phenols is 3. The van der Waals surface area contributed by atoms with Crippen LogP contribution in [0.4, 0.5) is 0 Å². The average Bonchev–Trinajstić information content (AvgIpc) is 3.10. The highest BCUT2D eigenvalue weighted by Gasteiger charge is 2.59. The van der Waals surface area contributed by atoms with Crippen LogP contribution in [0.3, 0.4) is 0 Å². The van der Waals surface area contributed by atoms with E-state index in [1.165, 1.54) is 6.07 Å². The highest BCUT2D eigenvalue weighted by Crippen LogP contribution is 2.55. The van der Waals surface area contributed by atoms with Crippen molar-refractivity contribution in [1.82, 2.24) is 0 Å². The summed E-state index contributed by atoms with van der Waals surface area (Å²) in [6.07, 6.45) is -1.99. The van der Waals surface area contributed by atoms with E-state index >= 15 is 0 Å². The van der Waals surface area contributed by atoms with Gasteiger partial charge >= 0.3 is 0 Å². The van der Waals surface area contributed by atoms with Crippen molar-refractivity contribution >= 4 is 11.6 Å². The molecule has 0 radical (unpaired) electrons. The molecule has 2 heterocycles. The van der Waals surface area contributed by atoms with Gasteiger partial charge in [-0.3, -0.25) is 9.59 Å². The van der Waals surface area contributed by atoms with Crippen LogP contribution in [-0.2, 0) is 15.1 Å². The van der Waals surface area contributed by atoms with Crippen molar-refractivity contribution in [2.45, 2.75) is 31.5 Å². The minimum absolute atomic E-state index is 0.00654. The number of aliphatic hydroxyl groups is 1. The van der Waals surface area contributed by atoms with Gasteiger partial charge in [0.25, 0.3) is 0 Å². The lowest BCUT2D eigenvalue weighted by molar-refractivity contribution is -0.190. The summed E-state index contributed by atoms with van der Waals surface area (Å²) in [5.74, 6) is -3.23. The summed E-state index contributed by atoms with van der Waals surface area (Å²) in [6, 6.07) is 3.41. The zero-order chi connectivity index (χ0) is 20.7. The van der Waals surface area contributed by atoms with Crippen molar-refractivity contribution in [2.24, 2.45) is 0 Å². The van der Waals surface area contributed by atoms with Crippen LogP contribution in [0.25, 0.3) is 0 Å². The number of rotatable bonds is 2. The van der Waals surface area contributed by atoms with Crippen molar-refractivity contribution in [3.05, 3.63) is 46.0 Å². The quantitative estimate of drug-likeness (QED) is 0.468. The molecule has 1 fully saturated rings. The van der Waals surface area contributed by atoms with Crippen molar-refractivity contribution in [2.75, 3.05) is 6.61 Å². The third kappa shape index (κ3) is 2.14. The van der Waals surface area contributed by atoms with Gasteiger partial charge in [-0.05, 0) is 25.1 Å². The Morgan fingerprint density at radius 2 is 1.76 bits per heavy atom. The molecule has 2 aromatic rings. The van der Waals surface area contributed by atoms with Crippen LogP contribution in [0.5, 0.6) is 23.0 Å². The highest BCUT2D eigenvalue weighted by atomic mass is 16.8.